The lowest BCUT2D eigenvalue weighted by molar-refractivity contribution is 0.572. The molecule has 1 atom stereocenters. The van der Waals surface area contributed by atoms with Crippen molar-refractivity contribution >= 4 is 34.9 Å². The molecule has 0 spiro atoms. The molecule has 1 aromatic heterocycles. The number of rotatable bonds is 6. The van der Waals surface area contributed by atoms with Crippen molar-refractivity contribution in [3.63, 3.8) is 0 Å². The van der Waals surface area contributed by atoms with Gasteiger partial charge < -0.3 is 5.32 Å². The van der Waals surface area contributed by atoms with Crippen LogP contribution in [0.15, 0.2) is 31.8 Å². The molecule has 2 rings (SSSR count). The molecule has 1 unspecified atom stereocenters. The van der Waals surface area contributed by atoms with E-state index >= 15 is 0 Å². The number of nitrogens with one attached hydrogen (secondary N) is 1. The van der Waals surface area contributed by atoms with E-state index in [0.29, 0.717) is 4.90 Å². The maximum Gasteiger partial charge on any atom is 0.179 e. The second kappa shape index (κ2) is 7.40. The van der Waals surface area contributed by atoms with Crippen molar-refractivity contribution in [2.75, 3.05) is 12.8 Å². The topological polar surface area (TPSA) is 37.8 Å². The summed E-state index contributed by atoms with van der Waals surface area (Å²) in [5.74, 6) is -0.210. The number of halogens is 1. The van der Waals surface area contributed by atoms with Crippen LogP contribution >= 0.6 is 34.9 Å². The van der Waals surface area contributed by atoms with E-state index in [1.165, 1.54) is 23.1 Å². The second-order valence-electron chi connectivity index (χ2n) is 4.11. The summed E-state index contributed by atoms with van der Waals surface area (Å²) in [6.45, 7) is 4.93. The third kappa shape index (κ3) is 3.94. The summed E-state index contributed by atoms with van der Waals surface area (Å²) in [7, 11) is 0. The molecule has 0 amide bonds. The number of benzene rings is 1. The smallest absolute Gasteiger partial charge is 0.179 e. The van der Waals surface area contributed by atoms with E-state index in [0.717, 1.165) is 20.8 Å². The predicted molar refractivity (Wildman–Crippen MR) is 84.3 cm³/mol. The van der Waals surface area contributed by atoms with Crippen molar-refractivity contribution in [1.82, 2.24) is 15.5 Å². The maximum absolute atomic E-state index is 14.1. The van der Waals surface area contributed by atoms with Crippen LogP contribution in [0.1, 0.15) is 25.5 Å². The van der Waals surface area contributed by atoms with Crippen molar-refractivity contribution in [3.8, 4) is 0 Å². The van der Waals surface area contributed by atoms with E-state index < -0.39 is 0 Å². The fourth-order valence-electron chi connectivity index (χ4n) is 1.71. The molecule has 0 aliphatic carbocycles. The summed E-state index contributed by atoms with van der Waals surface area (Å²) in [5.41, 5.74) is 0.954. The number of hydrogen-bond acceptors (Lipinski definition) is 6. The van der Waals surface area contributed by atoms with Gasteiger partial charge in [0.15, 0.2) is 8.68 Å². The lowest BCUT2D eigenvalue weighted by atomic mass is 10.1. The molecule has 0 aliphatic heterocycles. The third-order valence-electron chi connectivity index (χ3n) is 2.73. The van der Waals surface area contributed by atoms with E-state index in [4.69, 9.17) is 0 Å². The van der Waals surface area contributed by atoms with Gasteiger partial charge in [-0.1, -0.05) is 47.9 Å². The average Bonchev–Trinajstić information content (AvgIpc) is 2.89. The number of hydrogen-bond donors (Lipinski definition) is 1. The fraction of sp³-hybridized carbons (Fsp3) is 0.385. The number of aromatic nitrogens is 2. The highest BCUT2D eigenvalue weighted by atomic mass is 32.2. The van der Waals surface area contributed by atoms with Crippen molar-refractivity contribution in [1.29, 1.82) is 0 Å². The van der Waals surface area contributed by atoms with Crippen molar-refractivity contribution in [2.24, 2.45) is 0 Å². The Labute approximate surface area is 130 Å². The molecule has 108 valence electrons. The van der Waals surface area contributed by atoms with Gasteiger partial charge in [-0.15, -0.1) is 10.2 Å². The van der Waals surface area contributed by atoms with Gasteiger partial charge in [-0.3, -0.25) is 0 Å². The molecule has 0 saturated heterocycles. The standard InChI is InChI=1S/C13H16FN3S3/c1-4-15-8(2)9-5-6-11(10(14)7-9)19-13-17-16-12(18-3)20-13/h5-8,15H,4H2,1-3H3. The van der Waals surface area contributed by atoms with Crippen molar-refractivity contribution in [3.05, 3.63) is 29.6 Å². The van der Waals surface area contributed by atoms with Crippen LogP contribution < -0.4 is 5.32 Å². The zero-order chi connectivity index (χ0) is 14.5. The Morgan fingerprint density at radius 2 is 2.10 bits per heavy atom. The molecule has 3 nitrogen and oxygen atoms in total. The molecule has 0 aliphatic rings. The Morgan fingerprint density at radius 3 is 2.70 bits per heavy atom. The number of nitrogens with zero attached hydrogens (tertiary/aromatic N) is 2. The van der Waals surface area contributed by atoms with Gasteiger partial charge in [0.25, 0.3) is 0 Å². The van der Waals surface area contributed by atoms with Gasteiger partial charge in [0.05, 0.1) is 4.90 Å². The second-order valence-corrected chi connectivity index (χ2v) is 7.43. The Morgan fingerprint density at radius 1 is 1.35 bits per heavy atom. The van der Waals surface area contributed by atoms with Crippen molar-refractivity contribution in [2.45, 2.75) is 33.5 Å². The molecule has 7 heteroatoms. The molecule has 0 fully saturated rings. The quantitative estimate of drug-likeness (QED) is 0.803. The largest absolute Gasteiger partial charge is 0.310 e. The molecule has 1 N–H and O–H groups in total. The maximum atomic E-state index is 14.1. The van der Waals surface area contributed by atoms with Crippen LogP contribution in [0, 0.1) is 5.82 Å². The van der Waals surface area contributed by atoms with Gasteiger partial charge >= 0.3 is 0 Å². The van der Waals surface area contributed by atoms with Crippen LogP contribution in [0.3, 0.4) is 0 Å². The fourth-order valence-corrected chi connectivity index (χ4v) is 4.11. The molecule has 20 heavy (non-hydrogen) atoms. The highest BCUT2D eigenvalue weighted by Gasteiger charge is 2.12. The highest BCUT2D eigenvalue weighted by Crippen LogP contribution is 2.34. The SMILES string of the molecule is CCNC(C)c1ccc(Sc2nnc(SC)s2)c(F)c1. The first kappa shape index (κ1) is 15.8. The third-order valence-corrected chi connectivity index (χ3v) is 5.73. The van der Waals surface area contributed by atoms with Crippen LogP contribution in [-0.2, 0) is 0 Å². The summed E-state index contributed by atoms with van der Waals surface area (Å²) in [6.07, 6.45) is 1.95. The van der Waals surface area contributed by atoms with E-state index in [-0.39, 0.29) is 11.9 Å². The first-order chi connectivity index (χ1) is 9.63. The van der Waals surface area contributed by atoms with Gasteiger partial charge in [-0.2, -0.15) is 0 Å². The van der Waals surface area contributed by atoms with Gasteiger partial charge in [-0.05, 0) is 37.4 Å². The Hall–Kier alpha value is -0.630. The normalized spacial score (nSPS) is 12.6. The zero-order valence-corrected chi connectivity index (χ0v) is 14.0. The number of thioether (sulfide) groups is 1. The molecular formula is C13H16FN3S3. The first-order valence-electron chi connectivity index (χ1n) is 6.22. The van der Waals surface area contributed by atoms with Gasteiger partial charge in [0, 0.05) is 6.04 Å². The van der Waals surface area contributed by atoms with Crippen LogP contribution in [0.4, 0.5) is 4.39 Å². The molecule has 0 radical (unpaired) electrons. The Kier molecular flexibility index (Phi) is 5.83. The molecule has 0 bridgehead atoms. The molecule has 2 aromatic rings. The predicted octanol–water partition coefficient (Wildman–Crippen LogP) is 4.22. The van der Waals surface area contributed by atoms with Gasteiger partial charge in [-0.25, -0.2) is 4.39 Å². The van der Waals surface area contributed by atoms with E-state index in [1.807, 2.05) is 32.2 Å². The Balaban J connectivity index is 2.13. The monoisotopic (exact) mass is 329 g/mol. The summed E-state index contributed by atoms with van der Waals surface area (Å²) in [6, 6.07) is 5.50. The minimum atomic E-state index is -0.210. The summed E-state index contributed by atoms with van der Waals surface area (Å²) in [5, 5.41) is 11.3. The zero-order valence-electron chi connectivity index (χ0n) is 11.5. The minimum Gasteiger partial charge on any atom is -0.310 e. The minimum absolute atomic E-state index is 0.151. The van der Waals surface area contributed by atoms with Crippen LogP contribution in [0.5, 0.6) is 0 Å². The average molecular weight is 329 g/mol. The summed E-state index contributed by atoms with van der Waals surface area (Å²) in [4.78, 5) is 0.584. The lowest BCUT2D eigenvalue weighted by Gasteiger charge is -2.13. The van der Waals surface area contributed by atoms with Gasteiger partial charge in [0.1, 0.15) is 5.82 Å². The lowest BCUT2D eigenvalue weighted by Crippen LogP contribution is -2.17. The molecule has 0 saturated carbocycles. The van der Waals surface area contributed by atoms with E-state index in [1.54, 1.807) is 17.8 Å². The van der Waals surface area contributed by atoms with Crippen LogP contribution in [-0.4, -0.2) is 23.0 Å². The molecule has 1 aromatic carbocycles. The van der Waals surface area contributed by atoms with E-state index in [9.17, 15) is 4.39 Å². The van der Waals surface area contributed by atoms with E-state index in [2.05, 4.69) is 15.5 Å². The molecule has 1 heterocycles. The molecular weight excluding hydrogens is 313 g/mol. The van der Waals surface area contributed by atoms with Crippen LogP contribution in [0.25, 0.3) is 0 Å². The Bertz CT molecular complexity index is 574. The first-order valence-corrected chi connectivity index (χ1v) is 9.08. The summed E-state index contributed by atoms with van der Waals surface area (Å²) >= 11 is 4.35. The highest BCUT2D eigenvalue weighted by molar-refractivity contribution is 8.03. The van der Waals surface area contributed by atoms with Crippen molar-refractivity contribution < 1.29 is 4.39 Å². The summed E-state index contributed by atoms with van der Waals surface area (Å²) < 4.78 is 15.8. The van der Waals surface area contributed by atoms with Gasteiger partial charge in [0.2, 0.25) is 0 Å². The van der Waals surface area contributed by atoms with Crippen LogP contribution in [0.2, 0.25) is 0 Å².